The number of amides is 1. The lowest BCUT2D eigenvalue weighted by atomic mass is 10.1. The topological polar surface area (TPSA) is 55.6 Å². The molecule has 0 aromatic carbocycles. The Kier molecular flexibility index (Phi) is 4.35. The van der Waals surface area contributed by atoms with Crippen molar-refractivity contribution in [2.24, 2.45) is 5.73 Å². The van der Waals surface area contributed by atoms with Crippen LogP contribution in [-0.4, -0.2) is 42.6 Å². The molecule has 1 heterocycles. The summed E-state index contributed by atoms with van der Waals surface area (Å²) in [6.45, 7) is 5.84. The maximum atomic E-state index is 11.8. The van der Waals surface area contributed by atoms with E-state index in [1.54, 1.807) is 6.92 Å². The molecule has 1 aliphatic heterocycles. The molecule has 1 fully saturated rings. The van der Waals surface area contributed by atoms with Crippen molar-refractivity contribution in [3.63, 3.8) is 0 Å². The van der Waals surface area contributed by atoms with Crippen molar-refractivity contribution in [1.82, 2.24) is 4.90 Å². The minimum absolute atomic E-state index is 0.0961. The van der Waals surface area contributed by atoms with E-state index in [0.717, 1.165) is 25.9 Å². The Morgan fingerprint density at radius 1 is 1.57 bits per heavy atom. The van der Waals surface area contributed by atoms with Crippen LogP contribution in [0.15, 0.2) is 0 Å². The lowest BCUT2D eigenvalue weighted by Gasteiger charge is -2.31. The molecule has 1 rings (SSSR count). The quantitative estimate of drug-likeness (QED) is 0.715. The van der Waals surface area contributed by atoms with Gasteiger partial charge in [-0.3, -0.25) is 4.79 Å². The Balaban J connectivity index is 2.37. The molecule has 1 atom stereocenters. The van der Waals surface area contributed by atoms with E-state index in [1.807, 2.05) is 11.8 Å². The van der Waals surface area contributed by atoms with E-state index < -0.39 is 0 Å². The van der Waals surface area contributed by atoms with Crippen LogP contribution in [0.25, 0.3) is 0 Å². The smallest absolute Gasteiger partial charge is 0.251 e. The van der Waals surface area contributed by atoms with Crippen LogP contribution in [0, 0.1) is 0 Å². The molecule has 0 spiro atoms. The first-order valence-electron chi connectivity index (χ1n) is 5.31. The first-order valence-corrected chi connectivity index (χ1v) is 5.31. The third kappa shape index (κ3) is 2.96. The highest BCUT2D eigenvalue weighted by Crippen LogP contribution is 2.10. The zero-order chi connectivity index (χ0) is 10.6. The normalized spacial score (nSPS) is 20.9. The molecule has 0 radical (unpaired) electrons. The maximum absolute atomic E-state index is 11.8. The van der Waals surface area contributed by atoms with Gasteiger partial charge in [0.2, 0.25) is 0 Å². The van der Waals surface area contributed by atoms with Gasteiger partial charge in [0.05, 0.1) is 0 Å². The molecule has 0 aromatic heterocycles. The summed E-state index contributed by atoms with van der Waals surface area (Å²) < 4.78 is 5.26. The van der Waals surface area contributed by atoms with Crippen LogP contribution in [0.2, 0.25) is 0 Å². The Bertz CT molecular complexity index is 189. The summed E-state index contributed by atoms with van der Waals surface area (Å²) >= 11 is 0. The largest absolute Gasteiger partial charge is 0.369 e. The highest BCUT2D eigenvalue weighted by Gasteiger charge is 2.24. The van der Waals surface area contributed by atoms with E-state index in [1.165, 1.54) is 0 Å². The molecular weight excluding hydrogens is 180 g/mol. The fraction of sp³-hybridized carbons (Fsp3) is 0.900. The van der Waals surface area contributed by atoms with E-state index in [4.69, 9.17) is 10.5 Å². The molecule has 4 heteroatoms. The van der Waals surface area contributed by atoms with Gasteiger partial charge < -0.3 is 15.4 Å². The molecule has 0 saturated carbocycles. The van der Waals surface area contributed by atoms with Crippen molar-refractivity contribution >= 4 is 5.91 Å². The van der Waals surface area contributed by atoms with Crippen molar-refractivity contribution in [1.29, 1.82) is 0 Å². The Morgan fingerprint density at radius 2 is 2.14 bits per heavy atom. The monoisotopic (exact) mass is 200 g/mol. The van der Waals surface area contributed by atoms with Crippen LogP contribution in [0.5, 0.6) is 0 Å². The molecule has 14 heavy (non-hydrogen) atoms. The number of ether oxygens (including phenoxy) is 1. The van der Waals surface area contributed by atoms with Crippen LogP contribution in [0.4, 0.5) is 0 Å². The molecule has 0 aliphatic carbocycles. The van der Waals surface area contributed by atoms with Gasteiger partial charge in [0.25, 0.3) is 5.91 Å². The molecule has 2 N–H and O–H groups in total. The third-order valence-electron chi connectivity index (χ3n) is 2.62. The van der Waals surface area contributed by atoms with Crippen LogP contribution in [-0.2, 0) is 9.53 Å². The maximum Gasteiger partial charge on any atom is 0.251 e. The summed E-state index contributed by atoms with van der Waals surface area (Å²) in [7, 11) is 0. The fourth-order valence-corrected chi connectivity index (χ4v) is 1.70. The number of carbonyl (C=O) groups excluding carboxylic acids is 1. The van der Waals surface area contributed by atoms with Crippen LogP contribution in [0.3, 0.4) is 0 Å². The molecule has 1 amide bonds. The van der Waals surface area contributed by atoms with Gasteiger partial charge in [0.1, 0.15) is 6.10 Å². The van der Waals surface area contributed by atoms with E-state index >= 15 is 0 Å². The zero-order valence-corrected chi connectivity index (χ0v) is 9.03. The Labute approximate surface area is 85.4 Å². The summed E-state index contributed by atoms with van der Waals surface area (Å²) in [5.74, 6) is 0.0961. The average Bonchev–Trinajstić information content (AvgIpc) is 2.18. The summed E-state index contributed by atoms with van der Waals surface area (Å²) in [6, 6.07) is 0.265. The van der Waals surface area contributed by atoms with Crippen molar-refractivity contribution in [3.05, 3.63) is 0 Å². The van der Waals surface area contributed by atoms with Gasteiger partial charge in [0, 0.05) is 25.7 Å². The van der Waals surface area contributed by atoms with Crippen LogP contribution < -0.4 is 5.73 Å². The number of hydrogen-bond acceptors (Lipinski definition) is 3. The van der Waals surface area contributed by atoms with E-state index in [-0.39, 0.29) is 18.1 Å². The number of piperidine rings is 1. The van der Waals surface area contributed by atoms with E-state index in [2.05, 4.69) is 0 Å². The molecule has 0 bridgehead atoms. The summed E-state index contributed by atoms with van der Waals surface area (Å²) in [6.07, 6.45) is 1.50. The zero-order valence-electron chi connectivity index (χ0n) is 9.03. The number of likely N-dealkylation sites (tertiary alicyclic amines) is 1. The van der Waals surface area contributed by atoms with Crippen molar-refractivity contribution in [2.75, 3.05) is 19.7 Å². The van der Waals surface area contributed by atoms with Crippen molar-refractivity contribution in [3.8, 4) is 0 Å². The molecular formula is C10H20N2O2. The second kappa shape index (κ2) is 5.32. The number of hydrogen-bond donors (Lipinski definition) is 1. The lowest BCUT2D eigenvalue weighted by Crippen LogP contribution is -2.46. The lowest BCUT2D eigenvalue weighted by molar-refractivity contribution is -0.143. The van der Waals surface area contributed by atoms with Gasteiger partial charge in [-0.05, 0) is 26.7 Å². The average molecular weight is 200 g/mol. The van der Waals surface area contributed by atoms with Gasteiger partial charge in [-0.25, -0.2) is 0 Å². The predicted molar refractivity (Wildman–Crippen MR) is 54.9 cm³/mol. The first kappa shape index (κ1) is 11.5. The summed E-state index contributed by atoms with van der Waals surface area (Å²) in [5, 5.41) is 0. The number of carbonyl (C=O) groups is 1. The van der Waals surface area contributed by atoms with Crippen LogP contribution in [0.1, 0.15) is 26.7 Å². The van der Waals surface area contributed by atoms with Gasteiger partial charge in [0.15, 0.2) is 0 Å². The van der Waals surface area contributed by atoms with Gasteiger partial charge in [-0.15, -0.1) is 0 Å². The summed E-state index contributed by atoms with van der Waals surface area (Å²) in [4.78, 5) is 13.6. The molecule has 1 saturated heterocycles. The molecule has 1 unspecified atom stereocenters. The number of nitrogens with zero attached hydrogens (tertiary/aromatic N) is 1. The first-order chi connectivity index (χ1) is 6.65. The fourth-order valence-electron chi connectivity index (χ4n) is 1.70. The number of rotatable bonds is 3. The highest BCUT2D eigenvalue weighted by molar-refractivity contribution is 5.80. The SMILES string of the molecule is CCOC(C)C(=O)N1CCC(N)CC1. The predicted octanol–water partition coefficient (Wildman–Crippen LogP) is 0.361. The standard InChI is InChI=1S/C10H20N2O2/c1-3-14-8(2)10(13)12-6-4-9(11)5-7-12/h8-9H,3-7,11H2,1-2H3. The number of nitrogens with two attached hydrogens (primary N) is 1. The Hall–Kier alpha value is -0.610. The highest BCUT2D eigenvalue weighted by atomic mass is 16.5. The van der Waals surface area contributed by atoms with E-state index in [9.17, 15) is 4.79 Å². The minimum Gasteiger partial charge on any atom is -0.369 e. The van der Waals surface area contributed by atoms with Gasteiger partial charge in [-0.1, -0.05) is 0 Å². The molecule has 82 valence electrons. The molecule has 4 nitrogen and oxygen atoms in total. The third-order valence-corrected chi connectivity index (χ3v) is 2.62. The molecule has 0 aromatic rings. The summed E-state index contributed by atoms with van der Waals surface area (Å²) in [5.41, 5.74) is 5.76. The van der Waals surface area contributed by atoms with E-state index in [0.29, 0.717) is 6.61 Å². The Morgan fingerprint density at radius 3 is 2.64 bits per heavy atom. The van der Waals surface area contributed by atoms with Crippen molar-refractivity contribution in [2.45, 2.75) is 38.8 Å². The second-order valence-corrected chi connectivity index (χ2v) is 3.76. The second-order valence-electron chi connectivity index (χ2n) is 3.76. The molecule has 1 aliphatic rings. The van der Waals surface area contributed by atoms with Crippen molar-refractivity contribution < 1.29 is 9.53 Å². The van der Waals surface area contributed by atoms with Crippen LogP contribution >= 0.6 is 0 Å². The van der Waals surface area contributed by atoms with Gasteiger partial charge >= 0.3 is 0 Å². The minimum atomic E-state index is -0.311. The van der Waals surface area contributed by atoms with Gasteiger partial charge in [-0.2, -0.15) is 0 Å².